The summed E-state index contributed by atoms with van der Waals surface area (Å²) in [6, 6.07) is 0. The molecule has 1 rings (SSSR count). The second kappa shape index (κ2) is 6.44. The smallest absolute Gasteiger partial charge is 0.340 e. The Morgan fingerprint density at radius 3 is 2.76 bits per heavy atom. The second-order valence-corrected chi connectivity index (χ2v) is 4.30. The van der Waals surface area contributed by atoms with Crippen molar-refractivity contribution in [3.63, 3.8) is 0 Å². The average molecular weight is 376 g/mol. The summed E-state index contributed by atoms with van der Waals surface area (Å²) in [4.78, 5) is 15.4. The van der Waals surface area contributed by atoms with Crippen LogP contribution < -0.4 is 0 Å². The summed E-state index contributed by atoms with van der Waals surface area (Å²) < 4.78 is 31.0. The molecule has 0 aliphatic heterocycles. The van der Waals surface area contributed by atoms with Crippen LogP contribution in [0.25, 0.3) is 0 Å². The van der Waals surface area contributed by atoms with Crippen molar-refractivity contribution < 1.29 is 18.3 Å². The minimum absolute atomic E-state index is 0.115. The van der Waals surface area contributed by atoms with Crippen LogP contribution in [0.5, 0.6) is 0 Å². The predicted molar refractivity (Wildman–Crippen MR) is 67.4 cm³/mol. The minimum atomic E-state index is -2.79. The number of ether oxygens (including phenoxy) is 1. The van der Waals surface area contributed by atoms with Gasteiger partial charge in [0.05, 0.1) is 18.1 Å². The minimum Gasteiger partial charge on any atom is -0.462 e. The third-order valence-electron chi connectivity index (χ3n) is 2.02. The Morgan fingerprint density at radius 2 is 2.29 bits per heavy atom. The summed E-state index contributed by atoms with van der Waals surface area (Å²) >= 11 is 7.40. The Kier molecular flexibility index (Phi) is 5.51. The van der Waals surface area contributed by atoms with E-state index in [1.165, 1.54) is 0 Å². The molecular weight excluding hydrogens is 366 g/mol. The van der Waals surface area contributed by atoms with Gasteiger partial charge in [0.1, 0.15) is 3.70 Å². The molecule has 1 aromatic heterocycles. The molecule has 0 aliphatic carbocycles. The Labute approximate surface area is 116 Å². The van der Waals surface area contributed by atoms with Crippen LogP contribution in [0.4, 0.5) is 8.78 Å². The van der Waals surface area contributed by atoms with Crippen molar-refractivity contribution in [2.45, 2.75) is 19.2 Å². The Balaban J connectivity index is 3.35. The van der Waals surface area contributed by atoms with Gasteiger partial charge in [-0.2, -0.15) is 0 Å². The topological polar surface area (TPSA) is 39.2 Å². The Hall–Kier alpha value is -0.500. The highest BCUT2D eigenvalue weighted by atomic mass is 127. The van der Waals surface area contributed by atoms with E-state index in [0.29, 0.717) is 3.70 Å². The van der Waals surface area contributed by atoms with E-state index in [1.54, 1.807) is 29.5 Å². The molecule has 0 aromatic carbocycles. The van der Waals surface area contributed by atoms with Gasteiger partial charge < -0.3 is 4.74 Å². The van der Waals surface area contributed by atoms with Gasteiger partial charge in [0.2, 0.25) is 0 Å². The van der Waals surface area contributed by atoms with Gasteiger partial charge in [0.25, 0.3) is 6.43 Å². The van der Waals surface area contributed by atoms with Crippen LogP contribution in [-0.2, 0) is 10.6 Å². The van der Waals surface area contributed by atoms with Crippen LogP contribution in [-0.4, -0.2) is 17.6 Å². The molecule has 0 bridgehead atoms. The highest BCUT2D eigenvalue weighted by molar-refractivity contribution is 14.1. The van der Waals surface area contributed by atoms with Gasteiger partial charge in [-0.3, -0.25) is 0 Å². The molecule has 0 atom stereocenters. The lowest BCUT2D eigenvalue weighted by Crippen LogP contribution is -2.12. The van der Waals surface area contributed by atoms with Crippen molar-refractivity contribution in [2.24, 2.45) is 0 Å². The number of rotatable bonds is 4. The van der Waals surface area contributed by atoms with Crippen molar-refractivity contribution >= 4 is 40.2 Å². The van der Waals surface area contributed by atoms with Gasteiger partial charge in [0.15, 0.2) is 0 Å². The van der Waals surface area contributed by atoms with E-state index in [2.05, 4.69) is 4.98 Å². The Bertz CT molecular complexity index is 429. The number of carbonyl (C=O) groups excluding carboxylic acids is 1. The molecule has 0 aliphatic rings. The van der Waals surface area contributed by atoms with Gasteiger partial charge in [-0.25, -0.2) is 18.6 Å². The first-order valence-electron chi connectivity index (χ1n) is 4.71. The number of pyridine rings is 1. The number of alkyl halides is 3. The van der Waals surface area contributed by atoms with Crippen molar-refractivity contribution in [2.75, 3.05) is 6.61 Å². The first-order chi connectivity index (χ1) is 8.02. The predicted octanol–water partition coefficient (Wildman–Crippen LogP) is 3.54. The van der Waals surface area contributed by atoms with Crippen molar-refractivity contribution in [3.8, 4) is 0 Å². The Morgan fingerprint density at radius 1 is 1.65 bits per heavy atom. The molecule has 7 heteroatoms. The van der Waals surface area contributed by atoms with Gasteiger partial charge in [-0.1, -0.05) is 0 Å². The zero-order chi connectivity index (χ0) is 13.0. The van der Waals surface area contributed by atoms with E-state index in [-0.39, 0.29) is 23.6 Å². The van der Waals surface area contributed by atoms with Crippen molar-refractivity contribution in [1.82, 2.24) is 4.98 Å². The second-order valence-electron chi connectivity index (χ2n) is 3.01. The molecule has 0 radical (unpaired) electrons. The number of nitrogens with zero attached hydrogens (tertiary/aromatic N) is 1. The molecule has 94 valence electrons. The number of aromatic nitrogens is 1. The maximum Gasteiger partial charge on any atom is 0.340 e. The van der Waals surface area contributed by atoms with E-state index < -0.39 is 18.0 Å². The zero-order valence-corrected chi connectivity index (χ0v) is 11.8. The van der Waals surface area contributed by atoms with Gasteiger partial charge in [-0.15, -0.1) is 11.6 Å². The largest absolute Gasteiger partial charge is 0.462 e. The lowest BCUT2D eigenvalue weighted by molar-refractivity contribution is 0.0514. The number of hydrogen-bond donors (Lipinski definition) is 0. The molecule has 1 heterocycles. The quantitative estimate of drug-likeness (QED) is 0.350. The summed E-state index contributed by atoms with van der Waals surface area (Å²) in [6.07, 6.45) is -1.70. The molecule has 0 saturated carbocycles. The number of halogens is 4. The first-order valence-corrected chi connectivity index (χ1v) is 6.32. The van der Waals surface area contributed by atoms with Crippen LogP contribution in [0.3, 0.4) is 0 Å². The summed E-state index contributed by atoms with van der Waals surface area (Å²) in [5.74, 6) is -0.934. The van der Waals surface area contributed by atoms with Crippen molar-refractivity contribution in [3.05, 3.63) is 26.6 Å². The molecule has 0 amide bonds. The highest BCUT2D eigenvalue weighted by Gasteiger charge is 2.25. The molecule has 0 unspecified atom stereocenters. The summed E-state index contributed by atoms with van der Waals surface area (Å²) in [7, 11) is 0. The lowest BCUT2D eigenvalue weighted by atomic mass is 10.1. The van der Waals surface area contributed by atoms with Crippen LogP contribution in [0, 0.1) is 3.70 Å². The first kappa shape index (κ1) is 14.6. The third-order valence-corrected chi connectivity index (χ3v) is 3.22. The van der Waals surface area contributed by atoms with E-state index in [0.717, 1.165) is 6.20 Å². The van der Waals surface area contributed by atoms with Crippen LogP contribution in [0.2, 0.25) is 0 Å². The molecule has 0 saturated heterocycles. The molecule has 0 fully saturated rings. The monoisotopic (exact) mass is 375 g/mol. The fraction of sp³-hybridized carbons (Fsp3) is 0.400. The van der Waals surface area contributed by atoms with Crippen LogP contribution in [0.15, 0.2) is 6.20 Å². The summed E-state index contributed by atoms with van der Waals surface area (Å²) in [6.45, 7) is 1.71. The number of esters is 1. The van der Waals surface area contributed by atoms with E-state index >= 15 is 0 Å². The van der Waals surface area contributed by atoms with Gasteiger partial charge in [0, 0.05) is 17.3 Å². The lowest BCUT2D eigenvalue weighted by Gasteiger charge is -2.12. The fourth-order valence-electron chi connectivity index (χ4n) is 1.29. The van der Waals surface area contributed by atoms with Crippen LogP contribution >= 0.6 is 34.2 Å². The molecule has 0 N–H and O–H groups in total. The third kappa shape index (κ3) is 3.25. The summed E-state index contributed by atoms with van der Waals surface area (Å²) in [5, 5.41) is 0. The molecular formula is C10H9ClF2INO2. The molecule has 1 aromatic rings. The van der Waals surface area contributed by atoms with Gasteiger partial charge >= 0.3 is 5.97 Å². The number of hydrogen-bond acceptors (Lipinski definition) is 3. The SMILES string of the molecule is CCOC(=O)c1cnc(I)c(CCl)c1C(F)F. The average Bonchev–Trinajstić information content (AvgIpc) is 2.28. The maximum absolute atomic E-state index is 13.0. The van der Waals surface area contributed by atoms with Gasteiger partial charge in [-0.05, 0) is 29.5 Å². The van der Waals surface area contributed by atoms with Crippen molar-refractivity contribution in [1.29, 1.82) is 0 Å². The fourth-order valence-corrected chi connectivity index (χ4v) is 2.41. The normalized spacial score (nSPS) is 10.7. The molecule has 17 heavy (non-hydrogen) atoms. The standard InChI is InChI=1S/C10H9ClF2INO2/c1-2-17-10(16)6-4-15-9(14)5(3-11)7(6)8(12)13/h4,8H,2-3H2,1H3. The van der Waals surface area contributed by atoms with Crippen LogP contribution in [0.1, 0.15) is 34.8 Å². The summed E-state index contributed by atoms with van der Waals surface area (Å²) in [5.41, 5.74) is -0.441. The maximum atomic E-state index is 13.0. The van der Waals surface area contributed by atoms with E-state index in [4.69, 9.17) is 16.3 Å². The van der Waals surface area contributed by atoms with E-state index in [1.807, 2.05) is 0 Å². The number of carbonyl (C=O) groups is 1. The van der Waals surface area contributed by atoms with E-state index in [9.17, 15) is 13.6 Å². The molecule has 3 nitrogen and oxygen atoms in total. The highest BCUT2D eigenvalue weighted by Crippen LogP contribution is 2.30. The molecule has 0 spiro atoms. The zero-order valence-electron chi connectivity index (χ0n) is 8.84.